The first-order chi connectivity index (χ1) is 13.5. The van der Waals surface area contributed by atoms with Crippen LogP contribution in [-0.4, -0.2) is 20.6 Å². The number of rotatable bonds is 8. The largest absolute Gasteiger partial charge is 0.486 e. The first-order valence-electron chi connectivity index (χ1n) is 8.73. The molecule has 0 bridgehead atoms. The lowest BCUT2D eigenvalue weighted by Crippen LogP contribution is -2.22. The Kier molecular flexibility index (Phi) is 5.73. The maximum absolute atomic E-state index is 12.3. The van der Waals surface area contributed by atoms with Gasteiger partial charge in [-0.2, -0.15) is 5.10 Å². The minimum Gasteiger partial charge on any atom is -0.486 e. The van der Waals surface area contributed by atoms with Crippen molar-refractivity contribution in [3.8, 4) is 5.75 Å². The Balaban J connectivity index is 1.53. The topological polar surface area (TPSA) is 112 Å². The Labute approximate surface area is 161 Å². The van der Waals surface area contributed by atoms with Crippen LogP contribution in [0, 0.1) is 17.0 Å². The Morgan fingerprint density at radius 2 is 2.04 bits per heavy atom. The molecule has 0 radical (unpaired) electrons. The van der Waals surface area contributed by atoms with Crippen molar-refractivity contribution in [2.75, 3.05) is 0 Å². The zero-order valence-electron chi connectivity index (χ0n) is 15.5. The van der Waals surface area contributed by atoms with Crippen LogP contribution in [0.25, 0.3) is 0 Å². The number of hydrogen-bond acceptors (Lipinski definition) is 6. The summed E-state index contributed by atoms with van der Waals surface area (Å²) in [6, 6.07) is 8.96. The van der Waals surface area contributed by atoms with E-state index < -0.39 is 4.92 Å². The van der Waals surface area contributed by atoms with Gasteiger partial charge in [0.05, 0.1) is 10.6 Å². The Hall–Kier alpha value is -3.62. The van der Waals surface area contributed by atoms with Crippen LogP contribution >= 0.6 is 0 Å². The number of non-ortho nitro benzene ring substituents is 1. The molecule has 0 saturated carbocycles. The summed E-state index contributed by atoms with van der Waals surface area (Å²) in [4.78, 5) is 22.4. The van der Waals surface area contributed by atoms with Gasteiger partial charge in [-0.3, -0.25) is 19.6 Å². The lowest BCUT2D eigenvalue weighted by atomic mass is 10.2. The standard InChI is InChI=1S/C19H20N4O5/c1-3-22-11-14(13(2)21-22)10-20-19(24)18-9-8-17(28-18)12-27-16-6-4-15(5-7-16)23(25)26/h4-9,11H,3,10,12H2,1-2H3,(H,20,24). The van der Waals surface area contributed by atoms with E-state index in [1.807, 2.05) is 24.7 Å². The number of amides is 1. The number of nitrogens with zero attached hydrogens (tertiary/aromatic N) is 3. The van der Waals surface area contributed by atoms with Gasteiger partial charge in [0, 0.05) is 37.0 Å². The Morgan fingerprint density at radius 1 is 1.29 bits per heavy atom. The molecule has 28 heavy (non-hydrogen) atoms. The molecule has 146 valence electrons. The predicted octanol–water partition coefficient (Wildman–Crippen LogP) is 3.22. The van der Waals surface area contributed by atoms with Crippen LogP contribution in [0.15, 0.2) is 47.0 Å². The highest BCUT2D eigenvalue weighted by atomic mass is 16.6. The number of nitrogens with one attached hydrogen (secondary N) is 1. The molecule has 1 N–H and O–H groups in total. The van der Waals surface area contributed by atoms with Gasteiger partial charge >= 0.3 is 0 Å². The van der Waals surface area contributed by atoms with Crippen LogP contribution in [0.5, 0.6) is 5.75 Å². The van der Waals surface area contributed by atoms with Crippen LogP contribution in [-0.2, 0) is 19.7 Å². The first kappa shape index (κ1) is 19.2. The summed E-state index contributed by atoms with van der Waals surface area (Å²) in [5, 5.41) is 17.8. The van der Waals surface area contributed by atoms with E-state index in [-0.39, 0.29) is 24.0 Å². The molecule has 3 aromatic rings. The van der Waals surface area contributed by atoms with Crippen LogP contribution in [0.3, 0.4) is 0 Å². The van der Waals surface area contributed by atoms with Crippen molar-refractivity contribution in [1.82, 2.24) is 15.1 Å². The van der Waals surface area contributed by atoms with Gasteiger partial charge in [-0.15, -0.1) is 0 Å². The van der Waals surface area contributed by atoms with Crippen LogP contribution < -0.4 is 10.1 Å². The van der Waals surface area contributed by atoms with Crippen molar-refractivity contribution >= 4 is 11.6 Å². The summed E-state index contributed by atoms with van der Waals surface area (Å²) in [6.45, 7) is 5.13. The fourth-order valence-corrected chi connectivity index (χ4v) is 2.55. The maximum atomic E-state index is 12.3. The van der Waals surface area contributed by atoms with E-state index in [2.05, 4.69) is 10.4 Å². The van der Waals surface area contributed by atoms with Crippen molar-refractivity contribution in [1.29, 1.82) is 0 Å². The molecule has 0 aliphatic heterocycles. The van der Waals surface area contributed by atoms with Gasteiger partial charge in [-0.25, -0.2) is 0 Å². The van der Waals surface area contributed by atoms with Gasteiger partial charge < -0.3 is 14.5 Å². The molecule has 1 aromatic carbocycles. The molecule has 2 aromatic heterocycles. The van der Waals surface area contributed by atoms with Crippen molar-refractivity contribution in [2.24, 2.45) is 0 Å². The average molecular weight is 384 g/mol. The molecule has 0 unspecified atom stereocenters. The summed E-state index contributed by atoms with van der Waals surface area (Å²) in [5.74, 6) is 0.794. The maximum Gasteiger partial charge on any atom is 0.287 e. The number of carbonyl (C=O) groups excluding carboxylic acids is 1. The smallest absolute Gasteiger partial charge is 0.287 e. The highest BCUT2D eigenvalue weighted by molar-refractivity contribution is 5.91. The van der Waals surface area contributed by atoms with E-state index in [0.29, 0.717) is 18.1 Å². The van der Waals surface area contributed by atoms with Gasteiger partial charge in [0.25, 0.3) is 11.6 Å². The summed E-state index contributed by atoms with van der Waals surface area (Å²) in [7, 11) is 0. The number of aromatic nitrogens is 2. The second-order valence-electron chi connectivity index (χ2n) is 6.08. The van der Waals surface area contributed by atoms with Crippen LogP contribution in [0.2, 0.25) is 0 Å². The molecule has 9 nitrogen and oxygen atoms in total. The number of ether oxygens (including phenoxy) is 1. The summed E-state index contributed by atoms with van der Waals surface area (Å²) < 4.78 is 12.8. The van der Waals surface area contributed by atoms with Crippen LogP contribution in [0.4, 0.5) is 5.69 Å². The van der Waals surface area contributed by atoms with E-state index >= 15 is 0 Å². The third-order valence-electron chi connectivity index (χ3n) is 4.13. The predicted molar refractivity (Wildman–Crippen MR) is 99.9 cm³/mol. The molecule has 2 heterocycles. The average Bonchev–Trinajstić information content (AvgIpc) is 3.31. The highest BCUT2D eigenvalue weighted by Crippen LogP contribution is 2.19. The molecular formula is C19H20N4O5. The second-order valence-corrected chi connectivity index (χ2v) is 6.08. The fraction of sp³-hybridized carbons (Fsp3) is 0.263. The van der Waals surface area contributed by atoms with Crippen LogP contribution in [0.1, 0.15) is 34.5 Å². The third kappa shape index (κ3) is 4.56. The quantitative estimate of drug-likeness (QED) is 0.471. The normalized spacial score (nSPS) is 10.6. The molecule has 0 atom stereocenters. The minimum absolute atomic E-state index is 0.0102. The van der Waals surface area contributed by atoms with Crippen molar-refractivity contribution < 1.29 is 18.9 Å². The monoisotopic (exact) mass is 384 g/mol. The van der Waals surface area contributed by atoms with Crippen molar-refractivity contribution in [3.05, 3.63) is 75.5 Å². The number of nitro benzene ring substituents is 1. The van der Waals surface area contributed by atoms with E-state index in [4.69, 9.17) is 9.15 Å². The highest BCUT2D eigenvalue weighted by Gasteiger charge is 2.13. The zero-order chi connectivity index (χ0) is 20.1. The number of benzene rings is 1. The van der Waals surface area contributed by atoms with Gasteiger partial charge in [0.1, 0.15) is 18.1 Å². The fourth-order valence-electron chi connectivity index (χ4n) is 2.55. The molecule has 3 rings (SSSR count). The number of carbonyl (C=O) groups is 1. The number of hydrogen-bond donors (Lipinski definition) is 1. The van der Waals surface area contributed by atoms with E-state index in [1.54, 1.807) is 12.1 Å². The number of furan rings is 1. The van der Waals surface area contributed by atoms with Crippen molar-refractivity contribution in [3.63, 3.8) is 0 Å². The SMILES string of the molecule is CCn1cc(CNC(=O)c2ccc(COc3ccc([N+](=O)[O-])cc3)o2)c(C)n1. The molecule has 0 spiro atoms. The summed E-state index contributed by atoms with van der Waals surface area (Å²) in [6.07, 6.45) is 1.90. The minimum atomic E-state index is -0.476. The van der Waals surface area contributed by atoms with Gasteiger partial charge in [0.2, 0.25) is 0 Å². The second kappa shape index (κ2) is 8.38. The molecule has 0 fully saturated rings. The van der Waals surface area contributed by atoms with Gasteiger partial charge in [-0.1, -0.05) is 0 Å². The molecule has 1 amide bonds. The Morgan fingerprint density at radius 3 is 2.68 bits per heavy atom. The molecule has 0 saturated heterocycles. The summed E-state index contributed by atoms with van der Waals surface area (Å²) >= 11 is 0. The molecule has 0 aliphatic rings. The summed E-state index contributed by atoms with van der Waals surface area (Å²) in [5.41, 5.74) is 1.81. The van der Waals surface area contributed by atoms with E-state index in [9.17, 15) is 14.9 Å². The van der Waals surface area contributed by atoms with Crippen molar-refractivity contribution in [2.45, 2.75) is 33.5 Å². The van der Waals surface area contributed by atoms with E-state index in [1.165, 1.54) is 24.3 Å². The third-order valence-corrected chi connectivity index (χ3v) is 4.13. The molecular weight excluding hydrogens is 364 g/mol. The van der Waals surface area contributed by atoms with Gasteiger partial charge in [0.15, 0.2) is 5.76 Å². The number of nitro groups is 1. The Bertz CT molecular complexity index is 975. The lowest BCUT2D eigenvalue weighted by Gasteiger charge is -2.04. The number of aryl methyl sites for hydroxylation is 2. The van der Waals surface area contributed by atoms with Gasteiger partial charge in [-0.05, 0) is 38.1 Å². The zero-order valence-corrected chi connectivity index (χ0v) is 15.5. The molecule has 9 heteroatoms. The molecule has 0 aliphatic carbocycles. The van der Waals surface area contributed by atoms with E-state index in [0.717, 1.165) is 17.8 Å². The first-order valence-corrected chi connectivity index (χ1v) is 8.73. The lowest BCUT2D eigenvalue weighted by molar-refractivity contribution is -0.384.